The summed E-state index contributed by atoms with van der Waals surface area (Å²) in [6, 6.07) is 0. The highest BCUT2D eigenvalue weighted by atomic mass is 15.1. The molecule has 0 amide bonds. The molecule has 86 valence electrons. The summed E-state index contributed by atoms with van der Waals surface area (Å²) in [5, 5.41) is 0. The molecule has 0 heterocycles. The molecule has 6 N–H and O–H groups in total. The molecule has 0 rings (SSSR count). The second-order valence-corrected chi connectivity index (χ2v) is 4.34. The van der Waals surface area contributed by atoms with Gasteiger partial charge in [0.05, 0.1) is 0 Å². The molecule has 0 bridgehead atoms. The van der Waals surface area contributed by atoms with Crippen LogP contribution in [0.5, 0.6) is 0 Å². The molecule has 0 aliphatic heterocycles. The molecule has 0 aliphatic rings. The van der Waals surface area contributed by atoms with Crippen LogP contribution in [0.1, 0.15) is 64.7 Å². The van der Waals surface area contributed by atoms with Crippen molar-refractivity contribution >= 4 is 0 Å². The third-order valence-corrected chi connectivity index (χ3v) is 2.46. The molecule has 14 heavy (non-hydrogen) atoms. The van der Waals surface area contributed by atoms with Crippen molar-refractivity contribution in [3.63, 3.8) is 0 Å². The lowest BCUT2D eigenvalue weighted by atomic mass is 10.1. The van der Waals surface area contributed by atoms with Gasteiger partial charge in [-0.2, -0.15) is 0 Å². The van der Waals surface area contributed by atoms with Crippen LogP contribution < -0.4 is 17.2 Å². The summed E-state index contributed by atoms with van der Waals surface area (Å²) in [6.07, 6.45) is 11.1. The Morgan fingerprint density at radius 3 is 1.57 bits per heavy atom. The minimum atomic E-state index is -0.956. The Morgan fingerprint density at radius 1 is 0.714 bits per heavy atom. The van der Waals surface area contributed by atoms with Gasteiger partial charge in [-0.3, -0.25) is 0 Å². The molecule has 0 spiro atoms. The third kappa shape index (κ3) is 11.9. The average Bonchev–Trinajstić information content (AvgIpc) is 2.08. The minimum absolute atomic E-state index is 0.724. The van der Waals surface area contributed by atoms with E-state index in [2.05, 4.69) is 6.92 Å². The normalized spacial score (nSPS) is 12.0. The summed E-state index contributed by atoms with van der Waals surface area (Å²) < 4.78 is 0. The lowest BCUT2D eigenvalue weighted by Gasteiger charge is -2.17. The quantitative estimate of drug-likeness (QED) is 0.394. The van der Waals surface area contributed by atoms with Crippen molar-refractivity contribution in [2.24, 2.45) is 17.2 Å². The second kappa shape index (κ2) is 8.21. The van der Waals surface area contributed by atoms with Crippen molar-refractivity contribution in [1.29, 1.82) is 0 Å². The van der Waals surface area contributed by atoms with Gasteiger partial charge in [0.25, 0.3) is 0 Å². The van der Waals surface area contributed by atoms with Gasteiger partial charge in [-0.15, -0.1) is 0 Å². The van der Waals surface area contributed by atoms with E-state index in [4.69, 9.17) is 17.2 Å². The molecule has 0 aliphatic carbocycles. The Bertz CT molecular complexity index is 118. The van der Waals surface area contributed by atoms with Crippen molar-refractivity contribution in [3.05, 3.63) is 0 Å². The first kappa shape index (κ1) is 13.9. The summed E-state index contributed by atoms with van der Waals surface area (Å²) in [4.78, 5) is 0. The van der Waals surface area contributed by atoms with E-state index in [1.807, 2.05) is 0 Å². The van der Waals surface area contributed by atoms with E-state index in [0.29, 0.717) is 0 Å². The molecule has 0 unspecified atom stereocenters. The Morgan fingerprint density at radius 2 is 1.14 bits per heavy atom. The maximum absolute atomic E-state index is 5.47. The molecular formula is C11H27N3. The van der Waals surface area contributed by atoms with E-state index >= 15 is 0 Å². The highest BCUT2D eigenvalue weighted by Crippen LogP contribution is 2.10. The van der Waals surface area contributed by atoms with Gasteiger partial charge in [-0.05, 0) is 12.8 Å². The Kier molecular flexibility index (Phi) is 8.14. The van der Waals surface area contributed by atoms with E-state index in [-0.39, 0.29) is 0 Å². The third-order valence-electron chi connectivity index (χ3n) is 2.46. The lowest BCUT2D eigenvalue weighted by molar-refractivity contribution is 0.399. The molecule has 0 atom stereocenters. The van der Waals surface area contributed by atoms with E-state index < -0.39 is 5.79 Å². The summed E-state index contributed by atoms with van der Waals surface area (Å²) in [5.41, 5.74) is 16.4. The fourth-order valence-electron chi connectivity index (χ4n) is 1.57. The average molecular weight is 201 g/mol. The fraction of sp³-hybridized carbons (Fsp3) is 1.00. The molecule has 0 fully saturated rings. The maximum Gasteiger partial charge on any atom is 0.115 e. The van der Waals surface area contributed by atoms with Crippen molar-refractivity contribution in [3.8, 4) is 0 Å². The molecule has 3 heteroatoms. The van der Waals surface area contributed by atoms with Gasteiger partial charge >= 0.3 is 0 Å². The number of hydrogen-bond donors (Lipinski definition) is 3. The number of rotatable bonds is 9. The van der Waals surface area contributed by atoms with Crippen molar-refractivity contribution in [2.45, 2.75) is 70.5 Å². The highest BCUT2D eigenvalue weighted by molar-refractivity contribution is 4.66. The van der Waals surface area contributed by atoms with Gasteiger partial charge in [0.2, 0.25) is 0 Å². The van der Waals surface area contributed by atoms with Crippen LogP contribution in [0.4, 0.5) is 0 Å². The van der Waals surface area contributed by atoms with Crippen molar-refractivity contribution in [1.82, 2.24) is 0 Å². The summed E-state index contributed by atoms with van der Waals surface area (Å²) in [5.74, 6) is -0.956. The highest BCUT2D eigenvalue weighted by Gasteiger charge is 2.09. The van der Waals surface area contributed by atoms with E-state index in [0.717, 1.165) is 12.8 Å². The van der Waals surface area contributed by atoms with Gasteiger partial charge in [-0.1, -0.05) is 51.9 Å². The lowest BCUT2D eigenvalue weighted by Crippen LogP contribution is -2.57. The first-order valence-corrected chi connectivity index (χ1v) is 5.93. The van der Waals surface area contributed by atoms with Gasteiger partial charge in [-0.25, -0.2) is 0 Å². The SMILES string of the molecule is CCCCCCCCCCC(N)(N)N. The zero-order valence-electron chi connectivity index (χ0n) is 9.60. The summed E-state index contributed by atoms with van der Waals surface area (Å²) in [6.45, 7) is 2.24. The van der Waals surface area contributed by atoms with Crippen molar-refractivity contribution in [2.75, 3.05) is 0 Å². The maximum atomic E-state index is 5.47. The van der Waals surface area contributed by atoms with Crippen LogP contribution in [0.3, 0.4) is 0 Å². The van der Waals surface area contributed by atoms with E-state index in [9.17, 15) is 0 Å². The molecule has 0 saturated carbocycles. The summed E-state index contributed by atoms with van der Waals surface area (Å²) in [7, 11) is 0. The second-order valence-electron chi connectivity index (χ2n) is 4.34. The molecule has 0 aromatic carbocycles. The number of unbranched alkanes of at least 4 members (excludes halogenated alkanes) is 7. The first-order valence-electron chi connectivity index (χ1n) is 5.93. The molecule has 0 radical (unpaired) electrons. The number of hydrogen-bond acceptors (Lipinski definition) is 3. The van der Waals surface area contributed by atoms with Crippen LogP contribution in [-0.4, -0.2) is 5.79 Å². The van der Waals surface area contributed by atoms with Gasteiger partial charge in [0.1, 0.15) is 5.79 Å². The standard InChI is InChI=1S/C11H27N3/c1-2-3-4-5-6-7-8-9-10-11(12,13)14/h2-10,12-14H2,1H3. The Labute approximate surface area is 88.4 Å². The zero-order valence-corrected chi connectivity index (χ0v) is 9.60. The van der Waals surface area contributed by atoms with Gasteiger partial charge < -0.3 is 17.2 Å². The first-order chi connectivity index (χ1) is 6.56. The predicted octanol–water partition coefficient (Wildman–Crippen LogP) is 2.05. The largest absolute Gasteiger partial charge is 0.301 e. The fourth-order valence-corrected chi connectivity index (χ4v) is 1.57. The monoisotopic (exact) mass is 201 g/mol. The van der Waals surface area contributed by atoms with Gasteiger partial charge in [0, 0.05) is 0 Å². The Hall–Kier alpha value is -0.120. The minimum Gasteiger partial charge on any atom is -0.301 e. The Balaban J connectivity index is 2.99. The van der Waals surface area contributed by atoms with Crippen LogP contribution in [0.2, 0.25) is 0 Å². The number of nitrogens with two attached hydrogens (primary N) is 3. The zero-order chi connectivity index (χ0) is 10.9. The van der Waals surface area contributed by atoms with Crippen LogP contribution in [0, 0.1) is 0 Å². The van der Waals surface area contributed by atoms with Crippen molar-refractivity contribution < 1.29 is 0 Å². The molecule has 0 aromatic rings. The molecule has 0 aromatic heterocycles. The summed E-state index contributed by atoms with van der Waals surface area (Å²) >= 11 is 0. The molecule has 0 saturated heterocycles. The predicted molar refractivity (Wildman–Crippen MR) is 62.5 cm³/mol. The van der Waals surface area contributed by atoms with E-state index in [1.165, 1.54) is 44.9 Å². The van der Waals surface area contributed by atoms with Crippen LogP contribution in [-0.2, 0) is 0 Å². The van der Waals surface area contributed by atoms with Crippen LogP contribution in [0.15, 0.2) is 0 Å². The topological polar surface area (TPSA) is 78.1 Å². The van der Waals surface area contributed by atoms with E-state index in [1.54, 1.807) is 0 Å². The molecular weight excluding hydrogens is 174 g/mol. The molecule has 3 nitrogen and oxygen atoms in total. The smallest absolute Gasteiger partial charge is 0.115 e. The van der Waals surface area contributed by atoms with Crippen LogP contribution >= 0.6 is 0 Å². The van der Waals surface area contributed by atoms with Gasteiger partial charge in [0.15, 0.2) is 0 Å². The van der Waals surface area contributed by atoms with Crippen LogP contribution in [0.25, 0.3) is 0 Å².